The molecule has 110 valence electrons. The maximum atomic E-state index is 11.8. The van der Waals surface area contributed by atoms with Crippen LogP contribution in [-0.2, 0) is 0 Å². The van der Waals surface area contributed by atoms with Gasteiger partial charge in [0.15, 0.2) is 0 Å². The molecule has 0 aliphatic carbocycles. The zero-order chi connectivity index (χ0) is 14.4. The normalized spacial score (nSPS) is 23.5. The molecule has 1 aromatic rings. The Bertz CT molecular complexity index is 411. The van der Waals surface area contributed by atoms with Crippen LogP contribution in [0.15, 0.2) is 24.5 Å². The number of aromatic nitrogens is 1. The van der Waals surface area contributed by atoms with Crippen LogP contribution in [0.1, 0.15) is 37.0 Å². The van der Waals surface area contributed by atoms with Crippen molar-refractivity contribution in [1.82, 2.24) is 15.2 Å². The fourth-order valence-electron chi connectivity index (χ4n) is 3.08. The molecule has 1 amide bonds. The average Bonchev–Trinajstić information content (AvgIpc) is 2.43. The minimum Gasteiger partial charge on any atom is -0.352 e. The highest BCUT2D eigenvalue weighted by Gasteiger charge is 2.20. The van der Waals surface area contributed by atoms with Gasteiger partial charge in [-0.15, -0.1) is 0 Å². The van der Waals surface area contributed by atoms with Gasteiger partial charge in [0.2, 0.25) is 0 Å². The third-order valence-electron chi connectivity index (χ3n) is 3.80. The molecule has 1 aliphatic rings. The quantitative estimate of drug-likeness (QED) is 0.838. The molecule has 1 aromatic heterocycles. The average molecular weight is 275 g/mol. The fraction of sp³-hybridized carbons (Fsp3) is 0.625. The second-order valence-corrected chi connectivity index (χ2v) is 6.06. The molecular weight excluding hydrogens is 250 g/mol. The molecule has 2 rings (SSSR count). The van der Waals surface area contributed by atoms with E-state index in [0.717, 1.165) is 31.3 Å². The predicted octanol–water partition coefficient (Wildman–Crippen LogP) is 2.18. The van der Waals surface area contributed by atoms with Crippen molar-refractivity contribution in [1.29, 1.82) is 0 Å². The van der Waals surface area contributed by atoms with Crippen LogP contribution in [0.4, 0.5) is 0 Å². The van der Waals surface area contributed by atoms with Crippen LogP contribution in [0.2, 0.25) is 0 Å². The summed E-state index contributed by atoms with van der Waals surface area (Å²) in [4.78, 5) is 18.3. The summed E-state index contributed by atoms with van der Waals surface area (Å²) >= 11 is 0. The molecule has 0 radical (unpaired) electrons. The van der Waals surface area contributed by atoms with Gasteiger partial charge in [-0.1, -0.05) is 13.8 Å². The van der Waals surface area contributed by atoms with E-state index < -0.39 is 0 Å². The number of nitrogens with zero attached hydrogens (tertiary/aromatic N) is 2. The van der Waals surface area contributed by atoms with Crippen molar-refractivity contribution in [3.8, 4) is 0 Å². The van der Waals surface area contributed by atoms with Crippen molar-refractivity contribution in [2.75, 3.05) is 26.2 Å². The van der Waals surface area contributed by atoms with E-state index in [1.54, 1.807) is 24.5 Å². The van der Waals surface area contributed by atoms with Crippen molar-refractivity contribution in [2.45, 2.75) is 26.7 Å². The first kappa shape index (κ1) is 15.0. The number of rotatable bonds is 5. The first-order chi connectivity index (χ1) is 9.65. The number of likely N-dealkylation sites (tertiary alicyclic amines) is 1. The smallest absolute Gasteiger partial charge is 0.252 e. The topological polar surface area (TPSA) is 45.2 Å². The van der Waals surface area contributed by atoms with Gasteiger partial charge in [-0.3, -0.25) is 9.78 Å². The lowest BCUT2D eigenvalue weighted by atomic mass is 9.92. The van der Waals surface area contributed by atoms with Gasteiger partial charge in [0.25, 0.3) is 5.91 Å². The predicted molar refractivity (Wildman–Crippen MR) is 80.6 cm³/mol. The molecule has 0 spiro atoms. The molecule has 1 N–H and O–H groups in total. The molecule has 2 unspecified atom stereocenters. The Labute approximate surface area is 121 Å². The molecule has 4 nitrogen and oxygen atoms in total. The highest BCUT2D eigenvalue weighted by atomic mass is 16.1. The van der Waals surface area contributed by atoms with Gasteiger partial charge >= 0.3 is 0 Å². The summed E-state index contributed by atoms with van der Waals surface area (Å²) < 4.78 is 0. The standard InChI is InChI=1S/C16H25N3O/c1-13-9-14(2)12-19(11-13)8-4-7-18-16(20)15-5-3-6-17-10-15/h3,5-6,10,13-14H,4,7-9,11-12H2,1-2H3,(H,18,20). The van der Waals surface area contributed by atoms with Gasteiger partial charge in [0, 0.05) is 32.0 Å². The summed E-state index contributed by atoms with van der Waals surface area (Å²) in [5, 5.41) is 2.96. The number of carbonyl (C=O) groups is 1. The van der Waals surface area contributed by atoms with Gasteiger partial charge in [0.05, 0.1) is 5.56 Å². The van der Waals surface area contributed by atoms with Gasteiger partial charge in [0.1, 0.15) is 0 Å². The highest BCUT2D eigenvalue weighted by Crippen LogP contribution is 2.20. The summed E-state index contributed by atoms with van der Waals surface area (Å²) in [6.45, 7) is 8.84. The van der Waals surface area contributed by atoms with Crippen LogP contribution in [0.5, 0.6) is 0 Å². The van der Waals surface area contributed by atoms with E-state index in [9.17, 15) is 4.79 Å². The van der Waals surface area contributed by atoms with Crippen molar-refractivity contribution < 1.29 is 4.79 Å². The number of hydrogen-bond acceptors (Lipinski definition) is 3. The van der Waals surface area contributed by atoms with Crippen LogP contribution >= 0.6 is 0 Å². The molecule has 1 saturated heterocycles. The number of hydrogen-bond donors (Lipinski definition) is 1. The van der Waals surface area contributed by atoms with E-state index in [1.165, 1.54) is 19.5 Å². The van der Waals surface area contributed by atoms with Gasteiger partial charge in [-0.25, -0.2) is 0 Å². The molecule has 2 atom stereocenters. The lowest BCUT2D eigenvalue weighted by Crippen LogP contribution is -2.40. The molecule has 0 saturated carbocycles. The Hall–Kier alpha value is -1.42. The Morgan fingerprint density at radius 3 is 2.80 bits per heavy atom. The molecule has 1 fully saturated rings. The SMILES string of the molecule is CC1CC(C)CN(CCCNC(=O)c2cccnc2)C1. The van der Waals surface area contributed by atoms with Gasteiger partial charge in [-0.2, -0.15) is 0 Å². The molecule has 2 heterocycles. The maximum Gasteiger partial charge on any atom is 0.252 e. The number of carbonyl (C=O) groups excluding carboxylic acids is 1. The Kier molecular flexibility index (Phi) is 5.53. The highest BCUT2D eigenvalue weighted by molar-refractivity contribution is 5.93. The van der Waals surface area contributed by atoms with Crippen LogP contribution in [0, 0.1) is 11.8 Å². The number of nitrogens with one attached hydrogen (secondary N) is 1. The molecule has 4 heteroatoms. The maximum absolute atomic E-state index is 11.8. The Morgan fingerprint density at radius 2 is 2.15 bits per heavy atom. The first-order valence-electron chi connectivity index (χ1n) is 7.55. The number of amides is 1. The van der Waals surface area contributed by atoms with E-state index in [-0.39, 0.29) is 5.91 Å². The summed E-state index contributed by atoms with van der Waals surface area (Å²) in [5.74, 6) is 1.56. The van der Waals surface area contributed by atoms with Gasteiger partial charge in [-0.05, 0) is 43.4 Å². The van der Waals surface area contributed by atoms with Crippen LogP contribution < -0.4 is 5.32 Å². The van der Waals surface area contributed by atoms with Crippen molar-refractivity contribution in [3.05, 3.63) is 30.1 Å². The second-order valence-electron chi connectivity index (χ2n) is 6.06. The van der Waals surface area contributed by atoms with Crippen LogP contribution in [-0.4, -0.2) is 42.0 Å². The van der Waals surface area contributed by atoms with E-state index in [1.807, 2.05) is 0 Å². The van der Waals surface area contributed by atoms with Crippen molar-refractivity contribution in [3.63, 3.8) is 0 Å². The molecule has 20 heavy (non-hydrogen) atoms. The van der Waals surface area contributed by atoms with E-state index in [4.69, 9.17) is 0 Å². The minimum absolute atomic E-state index is 0.0292. The first-order valence-corrected chi connectivity index (χ1v) is 7.55. The van der Waals surface area contributed by atoms with Crippen LogP contribution in [0.25, 0.3) is 0 Å². The van der Waals surface area contributed by atoms with E-state index in [2.05, 4.69) is 29.0 Å². The third-order valence-corrected chi connectivity index (χ3v) is 3.80. The molecule has 0 bridgehead atoms. The van der Waals surface area contributed by atoms with Crippen LogP contribution in [0.3, 0.4) is 0 Å². The summed E-state index contributed by atoms with van der Waals surface area (Å²) in [7, 11) is 0. The monoisotopic (exact) mass is 275 g/mol. The van der Waals surface area contributed by atoms with Crippen molar-refractivity contribution >= 4 is 5.91 Å². The zero-order valence-electron chi connectivity index (χ0n) is 12.5. The Balaban J connectivity index is 1.65. The molecule has 1 aliphatic heterocycles. The second kappa shape index (κ2) is 7.39. The van der Waals surface area contributed by atoms with E-state index in [0.29, 0.717) is 5.56 Å². The lowest BCUT2D eigenvalue weighted by Gasteiger charge is -2.34. The zero-order valence-corrected chi connectivity index (χ0v) is 12.5. The number of pyridine rings is 1. The third kappa shape index (κ3) is 4.60. The summed E-state index contributed by atoms with van der Waals surface area (Å²) in [6.07, 6.45) is 5.62. The summed E-state index contributed by atoms with van der Waals surface area (Å²) in [6, 6.07) is 3.57. The van der Waals surface area contributed by atoms with E-state index >= 15 is 0 Å². The fourth-order valence-corrected chi connectivity index (χ4v) is 3.08. The Morgan fingerprint density at radius 1 is 1.40 bits per heavy atom. The largest absolute Gasteiger partial charge is 0.352 e. The van der Waals surface area contributed by atoms with Gasteiger partial charge < -0.3 is 10.2 Å². The minimum atomic E-state index is -0.0292. The lowest BCUT2D eigenvalue weighted by molar-refractivity contribution is 0.0947. The molecular formula is C16H25N3O. The van der Waals surface area contributed by atoms with Crippen molar-refractivity contribution in [2.24, 2.45) is 11.8 Å². The molecule has 0 aromatic carbocycles. The number of piperidine rings is 1. The summed E-state index contributed by atoms with van der Waals surface area (Å²) in [5.41, 5.74) is 0.632.